The highest BCUT2D eigenvalue weighted by molar-refractivity contribution is 7.99. The fourth-order valence-electron chi connectivity index (χ4n) is 7.24. The van der Waals surface area contributed by atoms with E-state index in [4.69, 9.17) is 4.74 Å². The Hall–Kier alpha value is -4.94. The second-order valence-corrected chi connectivity index (χ2v) is 12.1. The van der Waals surface area contributed by atoms with Crippen molar-refractivity contribution in [2.75, 3.05) is 9.80 Å². The number of nitrogens with zero attached hydrogens (tertiary/aromatic N) is 2. The fourth-order valence-corrected chi connectivity index (χ4v) is 8.34. The molecule has 0 amide bonds. The largest absolute Gasteiger partial charge is 0.453 e. The maximum absolute atomic E-state index is 15.4. The van der Waals surface area contributed by atoms with Crippen molar-refractivity contribution >= 4 is 69.0 Å². The quantitative estimate of drug-likeness (QED) is 0.189. The third-order valence-electron chi connectivity index (χ3n) is 8.87. The normalized spacial score (nSPS) is 14.3. The van der Waals surface area contributed by atoms with Gasteiger partial charge in [-0.2, -0.15) is 0 Å². The predicted octanol–water partition coefficient (Wildman–Crippen LogP) is 8.15. The van der Waals surface area contributed by atoms with E-state index in [1.807, 2.05) is 36.0 Å². The summed E-state index contributed by atoms with van der Waals surface area (Å²) in [6.45, 7) is 0.00166. The van der Waals surface area contributed by atoms with Crippen LogP contribution in [-0.4, -0.2) is 6.71 Å². The van der Waals surface area contributed by atoms with E-state index in [0.29, 0.717) is 5.56 Å². The van der Waals surface area contributed by atoms with Crippen molar-refractivity contribution in [2.24, 2.45) is 0 Å². The van der Waals surface area contributed by atoms with Crippen molar-refractivity contribution in [3.8, 4) is 22.6 Å². The molecule has 4 aliphatic heterocycles. The van der Waals surface area contributed by atoms with E-state index in [9.17, 15) is 0 Å². The number of ether oxygens (including phenoxy) is 1. The van der Waals surface area contributed by atoms with Crippen LogP contribution in [0.2, 0.25) is 0 Å². The summed E-state index contributed by atoms with van der Waals surface area (Å²) >= 11 is 1.82. The Balaban J connectivity index is 1.38. The molecule has 0 unspecified atom stereocenters. The molecule has 0 atom stereocenters. The Morgan fingerprint density at radius 1 is 0.571 bits per heavy atom. The van der Waals surface area contributed by atoms with E-state index in [-0.39, 0.29) is 12.5 Å². The van der Waals surface area contributed by atoms with Gasteiger partial charge in [0.2, 0.25) is 0 Å². The van der Waals surface area contributed by atoms with Gasteiger partial charge >= 0.3 is 0 Å². The molecule has 0 bridgehead atoms. The van der Waals surface area contributed by atoms with Crippen LogP contribution < -0.4 is 30.9 Å². The molecule has 6 heteroatoms. The third-order valence-corrected chi connectivity index (χ3v) is 9.99. The molecule has 4 aliphatic rings. The lowest BCUT2D eigenvalue weighted by Crippen LogP contribution is -2.62. The molecule has 0 radical (unpaired) electrons. The molecule has 3 nitrogen and oxygen atoms in total. The minimum absolute atomic E-state index is 0.00166. The first-order valence-electron chi connectivity index (χ1n) is 14.1. The van der Waals surface area contributed by atoms with E-state index in [0.717, 1.165) is 45.5 Å². The van der Waals surface area contributed by atoms with Crippen LogP contribution in [0, 0.1) is 5.82 Å². The number of fused-ring (bicyclic) bond motifs is 8. The zero-order valence-corrected chi connectivity index (χ0v) is 23.0. The monoisotopic (exact) mass is 558 g/mol. The first-order valence-corrected chi connectivity index (χ1v) is 14.9. The Labute approximate surface area is 246 Å². The van der Waals surface area contributed by atoms with Crippen molar-refractivity contribution in [3.63, 3.8) is 0 Å². The molecule has 0 spiro atoms. The molecule has 6 aromatic carbocycles. The minimum atomic E-state index is -0.230. The van der Waals surface area contributed by atoms with Gasteiger partial charge in [-0.05, 0) is 76.5 Å². The number of halogens is 1. The molecule has 0 saturated carbocycles. The number of rotatable bonds is 1. The lowest BCUT2D eigenvalue weighted by Gasteiger charge is -2.47. The summed E-state index contributed by atoms with van der Waals surface area (Å²) < 4.78 is 22.0. The number of para-hydroxylation sites is 5. The fraction of sp³-hybridized carbons (Fsp3) is 0. The van der Waals surface area contributed by atoms with Crippen LogP contribution in [0.1, 0.15) is 0 Å². The molecule has 0 N–H and O–H groups in total. The van der Waals surface area contributed by atoms with E-state index in [1.165, 1.54) is 31.9 Å². The summed E-state index contributed by atoms with van der Waals surface area (Å²) in [5, 5.41) is 0. The van der Waals surface area contributed by atoms with E-state index in [2.05, 4.69) is 94.7 Å². The maximum atomic E-state index is 15.4. The van der Waals surface area contributed by atoms with Gasteiger partial charge in [-0.1, -0.05) is 78.5 Å². The lowest BCUT2D eigenvalue weighted by atomic mass is 9.33. The highest BCUT2D eigenvalue weighted by Crippen LogP contribution is 2.56. The summed E-state index contributed by atoms with van der Waals surface area (Å²) in [5.41, 5.74) is 11.7. The van der Waals surface area contributed by atoms with Crippen molar-refractivity contribution < 1.29 is 9.13 Å². The Morgan fingerprint density at radius 2 is 1.21 bits per heavy atom. The third kappa shape index (κ3) is 2.82. The van der Waals surface area contributed by atoms with Gasteiger partial charge in [0.1, 0.15) is 5.82 Å². The second-order valence-electron chi connectivity index (χ2n) is 11.0. The molecule has 0 fully saturated rings. The molecule has 0 aliphatic carbocycles. The summed E-state index contributed by atoms with van der Waals surface area (Å²) in [5.74, 6) is 1.41. The van der Waals surface area contributed by atoms with Crippen LogP contribution >= 0.6 is 11.8 Å². The number of anilines is 6. The van der Waals surface area contributed by atoms with Gasteiger partial charge in [-0.25, -0.2) is 4.39 Å². The molecule has 42 heavy (non-hydrogen) atoms. The van der Waals surface area contributed by atoms with Crippen LogP contribution in [-0.2, 0) is 0 Å². The molecule has 4 heterocycles. The van der Waals surface area contributed by atoms with Crippen LogP contribution in [0.4, 0.5) is 38.5 Å². The Morgan fingerprint density at radius 3 is 2.07 bits per heavy atom. The summed E-state index contributed by atoms with van der Waals surface area (Å²) in [4.78, 5) is 7.18. The zero-order chi connectivity index (χ0) is 27.5. The molecular formula is C36H20BFN2OS. The number of hydrogen-bond acceptors (Lipinski definition) is 4. The van der Waals surface area contributed by atoms with Gasteiger partial charge < -0.3 is 14.5 Å². The average Bonchev–Trinajstić information content (AvgIpc) is 3.03. The van der Waals surface area contributed by atoms with Gasteiger partial charge in [0.25, 0.3) is 6.71 Å². The predicted molar refractivity (Wildman–Crippen MR) is 170 cm³/mol. The minimum Gasteiger partial charge on any atom is -0.453 e. The Kier molecular flexibility index (Phi) is 4.37. The smallest absolute Gasteiger partial charge is 0.252 e. The van der Waals surface area contributed by atoms with E-state index < -0.39 is 0 Å². The van der Waals surface area contributed by atoms with Crippen LogP contribution in [0.25, 0.3) is 11.1 Å². The van der Waals surface area contributed by atoms with Crippen molar-refractivity contribution in [1.82, 2.24) is 0 Å². The maximum Gasteiger partial charge on any atom is 0.252 e. The van der Waals surface area contributed by atoms with Gasteiger partial charge in [-0.15, -0.1) is 0 Å². The van der Waals surface area contributed by atoms with Gasteiger partial charge in [-0.3, -0.25) is 0 Å². The topological polar surface area (TPSA) is 15.7 Å². The van der Waals surface area contributed by atoms with Gasteiger partial charge in [0.15, 0.2) is 11.5 Å². The number of hydrogen-bond donors (Lipinski definition) is 0. The lowest BCUT2D eigenvalue weighted by molar-refractivity contribution is 0.477. The van der Waals surface area contributed by atoms with Crippen molar-refractivity contribution in [1.29, 1.82) is 0 Å². The average molecular weight is 558 g/mol. The van der Waals surface area contributed by atoms with E-state index in [1.54, 1.807) is 12.1 Å². The zero-order valence-electron chi connectivity index (χ0n) is 22.2. The summed E-state index contributed by atoms with van der Waals surface area (Å²) in [7, 11) is 0. The molecule has 10 rings (SSSR count). The van der Waals surface area contributed by atoms with Gasteiger partial charge in [0.05, 0.1) is 22.7 Å². The molecule has 0 aromatic heterocycles. The highest BCUT2D eigenvalue weighted by atomic mass is 32.2. The standard InChI is InChI=1S/C36H20BFN2OS/c38-25-12-2-1-9-22(25)21-19-28-34-29(20-21)40-27-14-4-6-17-32(27)42-33-18-8-11-24(36(33)40)37(34)23-10-7-16-31-35(23)39(28)26-13-3-5-15-30(26)41-31/h1-20H. The summed E-state index contributed by atoms with van der Waals surface area (Å²) in [6.07, 6.45) is 0. The molecule has 6 aromatic rings. The van der Waals surface area contributed by atoms with Crippen molar-refractivity contribution in [3.05, 3.63) is 127 Å². The summed E-state index contributed by atoms with van der Waals surface area (Å²) in [6, 6.07) is 41.3. The van der Waals surface area contributed by atoms with E-state index >= 15 is 4.39 Å². The first-order chi connectivity index (χ1) is 20.8. The first kappa shape index (κ1) is 22.7. The van der Waals surface area contributed by atoms with Gasteiger partial charge in [0, 0.05) is 26.7 Å². The van der Waals surface area contributed by atoms with Crippen LogP contribution in [0.15, 0.2) is 131 Å². The molecule has 0 saturated heterocycles. The highest BCUT2D eigenvalue weighted by Gasteiger charge is 2.47. The molecular weight excluding hydrogens is 538 g/mol. The number of benzene rings is 6. The Bertz CT molecular complexity index is 2040. The molecule has 196 valence electrons. The van der Waals surface area contributed by atoms with Crippen LogP contribution in [0.5, 0.6) is 11.5 Å². The van der Waals surface area contributed by atoms with Crippen molar-refractivity contribution in [2.45, 2.75) is 9.79 Å². The SMILES string of the molecule is Fc1ccccc1-c1cc2c3c(c1)N1c4ccccc4Sc4cccc(c41)B3c1cccc3c1N2c1ccccc1O3. The van der Waals surface area contributed by atoms with Crippen LogP contribution in [0.3, 0.4) is 0 Å². The second kappa shape index (κ2) is 8.08.